The number of carbonyl (C=O) groups is 1. The minimum absolute atomic E-state index is 0.0188. The monoisotopic (exact) mass is 403 g/mol. The predicted octanol–water partition coefficient (Wildman–Crippen LogP) is 1.94. The highest BCUT2D eigenvalue weighted by Crippen LogP contribution is 2.36. The lowest BCUT2D eigenvalue weighted by molar-refractivity contribution is -0.123. The quantitative estimate of drug-likeness (QED) is 0.786. The molecule has 1 spiro atoms. The third-order valence-electron chi connectivity index (χ3n) is 5.76. The first kappa shape index (κ1) is 19.0. The molecule has 8 heteroatoms. The van der Waals surface area contributed by atoms with Gasteiger partial charge < -0.3 is 4.90 Å². The number of anilines is 1. The average Bonchev–Trinajstić information content (AvgIpc) is 3.12. The van der Waals surface area contributed by atoms with E-state index in [0.717, 1.165) is 11.8 Å². The molecular weight excluding hydrogens is 381 g/mol. The number of benzene rings is 2. The maximum atomic E-state index is 14.1. The second kappa shape index (κ2) is 6.95. The normalized spacial score (nSPS) is 24.2. The van der Waals surface area contributed by atoms with Gasteiger partial charge >= 0.3 is 0 Å². The molecule has 0 aliphatic carbocycles. The molecular formula is C20H22FN3O3S. The summed E-state index contributed by atoms with van der Waals surface area (Å²) in [4.78, 5) is 15.9. The van der Waals surface area contributed by atoms with Crippen LogP contribution in [-0.4, -0.2) is 62.3 Å². The number of piperazine rings is 1. The Hall–Kier alpha value is -2.29. The van der Waals surface area contributed by atoms with Gasteiger partial charge in [-0.05, 0) is 37.7 Å². The summed E-state index contributed by atoms with van der Waals surface area (Å²) in [7, 11) is -2.09. The Bertz CT molecular complexity index is 999. The first-order valence-corrected chi connectivity index (χ1v) is 10.6. The highest BCUT2D eigenvalue weighted by molar-refractivity contribution is 7.89. The van der Waals surface area contributed by atoms with Gasteiger partial charge in [0, 0.05) is 25.3 Å². The smallest absolute Gasteiger partial charge is 0.246 e. The first-order valence-electron chi connectivity index (χ1n) is 9.15. The fraction of sp³-hybridized carbons (Fsp3) is 0.350. The number of nitrogens with zero attached hydrogens (tertiary/aromatic N) is 3. The molecule has 2 aromatic rings. The SMILES string of the molecule is CN1CC(=O)N(c2ccccc2)C[C@@]12CCN(S(=O)(=O)c1ccccc1F)C2. The summed E-state index contributed by atoms with van der Waals surface area (Å²) in [6.45, 7) is 1.12. The molecule has 2 fully saturated rings. The van der Waals surface area contributed by atoms with Crippen molar-refractivity contribution in [2.24, 2.45) is 0 Å². The summed E-state index contributed by atoms with van der Waals surface area (Å²) in [5.74, 6) is -0.767. The molecule has 2 heterocycles. The second-order valence-corrected chi connectivity index (χ2v) is 9.32. The number of hydrogen-bond donors (Lipinski definition) is 0. The van der Waals surface area contributed by atoms with E-state index in [0.29, 0.717) is 13.0 Å². The van der Waals surface area contributed by atoms with Crippen LogP contribution in [0.3, 0.4) is 0 Å². The third-order valence-corrected chi connectivity index (χ3v) is 7.63. The number of hydrogen-bond acceptors (Lipinski definition) is 4. The van der Waals surface area contributed by atoms with Crippen LogP contribution < -0.4 is 4.90 Å². The largest absolute Gasteiger partial charge is 0.309 e. The second-order valence-electron chi connectivity index (χ2n) is 7.41. The van der Waals surface area contributed by atoms with E-state index in [4.69, 9.17) is 0 Å². The van der Waals surface area contributed by atoms with Crippen LogP contribution in [0, 0.1) is 5.82 Å². The minimum Gasteiger partial charge on any atom is -0.309 e. The summed E-state index contributed by atoms with van der Waals surface area (Å²) < 4.78 is 41.4. The summed E-state index contributed by atoms with van der Waals surface area (Å²) in [6, 6.07) is 14.8. The number of para-hydroxylation sites is 1. The first-order chi connectivity index (χ1) is 13.3. The zero-order valence-corrected chi connectivity index (χ0v) is 16.4. The van der Waals surface area contributed by atoms with Crippen LogP contribution in [-0.2, 0) is 14.8 Å². The Morgan fingerprint density at radius 2 is 1.68 bits per heavy atom. The van der Waals surface area contributed by atoms with Crippen LogP contribution in [0.2, 0.25) is 0 Å². The number of likely N-dealkylation sites (N-methyl/N-ethyl adjacent to an activating group) is 1. The molecule has 28 heavy (non-hydrogen) atoms. The molecule has 1 amide bonds. The van der Waals surface area contributed by atoms with Gasteiger partial charge in [0.25, 0.3) is 0 Å². The maximum absolute atomic E-state index is 14.1. The van der Waals surface area contributed by atoms with Gasteiger partial charge in [0.05, 0.1) is 12.1 Å². The lowest BCUT2D eigenvalue weighted by Crippen LogP contribution is -2.64. The molecule has 148 valence electrons. The molecule has 2 aliphatic rings. The predicted molar refractivity (Wildman–Crippen MR) is 104 cm³/mol. The molecule has 0 aromatic heterocycles. The van der Waals surface area contributed by atoms with Crippen molar-refractivity contribution in [3.8, 4) is 0 Å². The van der Waals surface area contributed by atoms with Gasteiger partial charge in [-0.3, -0.25) is 9.69 Å². The Kier molecular flexibility index (Phi) is 4.73. The maximum Gasteiger partial charge on any atom is 0.246 e. The van der Waals surface area contributed by atoms with Crippen molar-refractivity contribution in [3.05, 3.63) is 60.4 Å². The molecule has 0 N–H and O–H groups in total. The van der Waals surface area contributed by atoms with Crippen molar-refractivity contribution >= 4 is 21.6 Å². The number of sulfonamides is 1. The summed E-state index contributed by atoms with van der Waals surface area (Å²) in [5.41, 5.74) is 0.303. The van der Waals surface area contributed by atoms with Crippen molar-refractivity contribution in [1.29, 1.82) is 0 Å². The third kappa shape index (κ3) is 3.11. The Morgan fingerprint density at radius 3 is 2.39 bits per heavy atom. The summed E-state index contributed by atoms with van der Waals surface area (Å²) >= 11 is 0. The molecule has 2 saturated heterocycles. The standard InChI is InChI=1S/C20H22FN3O3S/c1-22-13-19(25)24(16-7-3-2-4-8-16)15-20(22)11-12-23(14-20)28(26,27)18-10-6-5-9-17(18)21/h2-10H,11-15H2,1H3/t20-/m0/s1. The Labute approximate surface area is 164 Å². The van der Waals surface area contributed by atoms with Crippen LogP contribution in [0.4, 0.5) is 10.1 Å². The topological polar surface area (TPSA) is 60.9 Å². The van der Waals surface area contributed by atoms with Gasteiger partial charge in [-0.15, -0.1) is 0 Å². The van der Waals surface area contributed by atoms with Crippen LogP contribution in [0.15, 0.2) is 59.5 Å². The van der Waals surface area contributed by atoms with Gasteiger partial charge in [0.1, 0.15) is 10.7 Å². The molecule has 4 rings (SSSR count). The zero-order valence-electron chi connectivity index (χ0n) is 15.6. The van der Waals surface area contributed by atoms with Gasteiger partial charge in [0.2, 0.25) is 15.9 Å². The lowest BCUT2D eigenvalue weighted by Gasteiger charge is -2.46. The van der Waals surface area contributed by atoms with E-state index in [1.165, 1.54) is 22.5 Å². The van der Waals surface area contributed by atoms with Crippen molar-refractivity contribution in [2.75, 3.05) is 38.1 Å². The van der Waals surface area contributed by atoms with Crippen molar-refractivity contribution in [1.82, 2.24) is 9.21 Å². The molecule has 0 radical (unpaired) electrons. The van der Waals surface area contributed by atoms with E-state index in [9.17, 15) is 17.6 Å². The molecule has 0 unspecified atom stereocenters. The molecule has 2 aliphatic heterocycles. The fourth-order valence-corrected chi connectivity index (χ4v) is 5.65. The van der Waals surface area contributed by atoms with Crippen molar-refractivity contribution in [2.45, 2.75) is 16.9 Å². The average molecular weight is 403 g/mol. The number of halogens is 1. The van der Waals surface area contributed by atoms with E-state index < -0.39 is 21.4 Å². The molecule has 2 aromatic carbocycles. The minimum atomic E-state index is -3.94. The van der Waals surface area contributed by atoms with Crippen LogP contribution >= 0.6 is 0 Å². The molecule has 0 bridgehead atoms. The number of amides is 1. The summed E-state index contributed by atoms with van der Waals surface area (Å²) in [5, 5.41) is 0. The van der Waals surface area contributed by atoms with Gasteiger partial charge in [-0.1, -0.05) is 30.3 Å². The molecule has 0 saturated carbocycles. The highest BCUT2D eigenvalue weighted by atomic mass is 32.2. The molecule has 1 atom stereocenters. The van der Waals surface area contributed by atoms with E-state index in [-0.39, 0.29) is 30.4 Å². The van der Waals surface area contributed by atoms with E-state index in [2.05, 4.69) is 0 Å². The zero-order chi connectivity index (χ0) is 19.9. The van der Waals surface area contributed by atoms with E-state index >= 15 is 0 Å². The van der Waals surface area contributed by atoms with Gasteiger partial charge in [0.15, 0.2) is 0 Å². The van der Waals surface area contributed by atoms with Crippen LogP contribution in [0.1, 0.15) is 6.42 Å². The summed E-state index contributed by atoms with van der Waals surface area (Å²) in [6.07, 6.45) is 0.577. The van der Waals surface area contributed by atoms with Crippen molar-refractivity contribution in [3.63, 3.8) is 0 Å². The van der Waals surface area contributed by atoms with E-state index in [1.807, 2.05) is 42.3 Å². The van der Waals surface area contributed by atoms with Gasteiger partial charge in [-0.25, -0.2) is 12.8 Å². The van der Waals surface area contributed by atoms with Gasteiger partial charge in [-0.2, -0.15) is 4.31 Å². The van der Waals surface area contributed by atoms with E-state index in [1.54, 1.807) is 4.90 Å². The van der Waals surface area contributed by atoms with Crippen LogP contribution in [0.25, 0.3) is 0 Å². The Balaban J connectivity index is 1.62. The lowest BCUT2D eigenvalue weighted by atomic mass is 9.92. The fourth-order valence-electron chi connectivity index (χ4n) is 4.06. The van der Waals surface area contributed by atoms with Crippen LogP contribution in [0.5, 0.6) is 0 Å². The van der Waals surface area contributed by atoms with Crippen molar-refractivity contribution < 1.29 is 17.6 Å². The number of rotatable bonds is 3. The highest BCUT2D eigenvalue weighted by Gasteiger charge is 2.50. The Morgan fingerprint density at radius 1 is 1.00 bits per heavy atom. The number of carbonyl (C=O) groups excluding carboxylic acids is 1. The molecule has 6 nitrogen and oxygen atoms in total.